The summed E-state index contributed by atoms with van der Waals surface area (Å²) in [5, 5.41) is 18.0. The number of pyridine rings is 1. The largest absolute Gasteiger partial charge is 0.369 e. The van der Waals surface area contributed by atoms with Crippen molar-refractivity contribution >= 4 is 11.5 Å². The van der Waals surface area contributed by atoms with E-state index in [1.807, 2.05) is 13.1 Å². The number of hydrogen-bond acceptors (Lipinski definition) is 5. The molecule has 0 saturated heterocycles. The second-order valence-electron chi connectivity index (χ2n) is 4.24. The third-order valence-corrected chi connectivity index (χ3v) is 2.88. The lowest BCUT2D eigenvalue weighted by molar-refractivity contribution is -0.385. The molecule has 0 radical (unpaired) electrons. The summed E-state index contributed by atoms with van der Waals surface area (Å²) in [6.45, 7) is 2.32. The van der Waals surface area contributed by atoms with Crippen molar-refractivity contribution < 1.29 is 4.92 Å². The maximum atomic E-state index is 10.8. The SMILES string of the molecule is Cc1cnc(NCCc2ccnn2C)cc1[N+](=O)[O-]. The fraction of sp³-hybridized carbons (Fsp3) is 0.333. The molecule has 2 aromatic heterocycles. The van der Waals surface area contributed by atoms with E-state index in [1.54, 1.807) is 17.8 Å². The van der Waals surface area contributed by atoms with Crippen LogP contribution in [0.4, 0.5) is 11.5 Å². The molecule has 0 aliphatic heterocycles. The van der Waals surface area contributed by atoms with E-state index in [0.717, 1.165) is 12.1 Å². The average molecular weight is 261 g/mol. The van der Waals surface area contributed by atoms with Gasteiger partial charge in [0.2, 0.25) is 0 Å². The van der Waals surface area contributed by atoms with Crippen LogP contribution in [0.5, 0.6) is 0 Å². The molecule has 7 nitrogen and oxygen atoms in total. The van der Waals surface area contributed by atoms with E-state index in [0.29, 0.717) is 17.9 Å². The normalized spacial score (nSPS) is 10.4. The molecule has 1 N–H and O–H groups in total. The van der Waals surface area contributed by atoms with Gasteiger partial charge in [-0.1, -0.05) is 0 Å². The van der Waals surface area contributed by atoms with Gasteiger partial charge in [0.25, 0.3) is 5.69 Å². The zero-order valence-electron chi connectivity index (χ0n) is 10.8. The van der Waals surface area contributed by atoms with E-state index in [-0.39, 0.29) is 5.69 Å². The summed E-state index contributed by atoms with van der Waals surface area (Å²) in [6, 6.07) is 3.39. The maximum Gasteiger partial charge on any atom is 0.277 e. The zero-order chi connectivity index (χ0) is 13.8. The zero-order valence-corrected chi connectivity index (χ0v) is 10.8. The number of nitrogens with zero attached hydrogens (tertiary/aromatic N) is 4. The molecule has 0 saturated carbocycles. The van der Waals surface area contributed by atoms with Crippen LogP contribution in [0.15, 0.2) is 24.5 Å². The lowest BCUT2D eigenvalue weighted by Gasteiger charge is -2.06. The number of aromatic nitrogens is 3. The highest BCUT2D eigenvalue weighted by molar-refractivity contribution is 5.48. The molecule has 0 spiro atoms. The van der Waals surface area contributed by atoms with Crippen molar-refractivity contribution in [1.82, 2.24) is 14.8 Å². The van der Waals surface area contributed by atoms with Gasteiger partial charge in [-0.25, -0.2) is 4.98 Å². The molecule has 0 aliphatic rings. The standard InChI is InChI=1S/C12H15N5O2/c1-9-8-14-12(7-11(9)17(18)19)13-5-3-10-4-6-15-16(10)2/h4,6-8H,3,5H2,1-2H3,(H,13,14). The minimum atomic E-state index is -0.399. The predicted octanol–water partition coefficient (Wildman–Crippen LogP) is 1.69. The van der Waals surface area contributed by atoms with Crippen LogP contribution < -0.4 is 5.32 Å². The first-order chi connectivity index (χ1) is 9.08. The molecular formula is C12H15N5O2. The van der Waals surface area contributed by atoms with Crippen LogP contribution in [0, 0.1) is 17.0 Å². The summed E-state index contributed by atoms with van der Waals surface area (Å²) >= 11 is 0. The van der Waals surface area contributed by atoms with Gasteiger partial charge in [0, 0.05) is 43.7 Å². The quantitative estimate of drug-likeness (QED) is 0.653. The molecule has 0 atom stereocenters. The van der Waals surface area contributed by atoms with Crippen molar-refractivity contribution in [2.24, 2.45) is 7.05 Å². The first-order valence-electron chi connectivity index (χ1n) is 5.89. The van der Waals surface area contributed by atoms with E-state index in [9.17, 15) is 10.1 Å². The Kier molecular flexibility index (Phi) is 3.74. The van der Waals surface area contributed by atoms with Crippen LogP contribution in [0.3, 0.4) is 0 Å². The van der Waals surface area contributed by atoms with Crippen LogP contribution >= 0.6 is 0 Å². The first-order valence-corrected chi connectivity index (χ1v) is 5.89. The summed E-state index contributed by atoms with van der Waals surface area (Å²) in [7, 11) is 1.88. The monoisotopic (exact) mass is 261 g/mol. The minimum absolute atomic E-state index is 0.0815. The van der Waals surface area contributed by atoms with Crippen molar-refractivity contribution in [3.05, 3.63) is 45.9 Å². The molecule has 0 bridgehead atoms. The molecular weight excluding hydrogens is 246 g/mol. The number of nitrogens with one attached hydrogen (secondary N) is 1. The third-order valence-electron chi connectivity index (χ3n) is 2.88. The Balaban J connectivity index is 1.98. The van der Waals surface area contributed by atoms with Gasteiger partial charge in [-0.15, -0.1) is 0 Å². The number of hydrogen-bond donors (Lipinski definition) is 1. The van der Waals surface area contributed by atoms with Crippen LogP contribution in [-0.4, -0.2) is 26.2 Å². The van der Waals surface area contributed by atoms with Gasteiger partial charge in [0.05, 0.1) is 11.0 Å². The third kappa shape index (κ3) is 3.06. The van der Waals surface area contributed by atoms with Gasteiger partial charge in [0.1, 0.15) is 5.82 Å². The number of rotatable bonds is 5. The Bertz CT molecular complexity index is 594. The molecule has 2 rings (SSSR count). The summed E-state index contributed by atoms with van der Waals surface area (Å²) < 4.78 is 1.80. The number of aryl methyl sites for hydroxylation is 2. The van der Waals surface area contributed by atoms with Gasteiger partial charge in [-0.2, -0.15) is 5.10 Å². The van der Waals surface area contributed by atoms with Crippen LogP contribution in [0.25, 0.3) is 0 Å². The lowest BCUT2D eigenvalue weighted by Crippen LogP contribution is -2.09. The second-order valence-corrected chi connectivity index (χ2v) is 4.24. The van der Waals surface area contributed by atoms with E-state index in [4.69, 9.17) is 0 Å². The van der Waals surface area contributed by atoms with E-state index >= 15 is 0 Å². The van der Waals surface area contributed by atoms with E-state index in [2.05, 4.69) is 15.4 Å². The summed E-state index contributed by atoms with van der Waals surface area (Å²) in [5.74, 6) is 0.513. The van der Waals surface area contributed by atoms with Gasteiger partial charge >= 0.3 is 0 Å². The van der Waals surface area contributed by atoms with Crippen molar-refractivity contribution in [3.63, 3.8) is 0 Å². The fourth-order valence-corrected chi connectivity index (χ4v) is 1.77. The molecule has 0 aromatic carbocycles. The highest BCUT2D eigenvalue weighted by Gasteiger charge is 2.11. The first kappa shape index (κ1) is 13.0. The number of anilines is 1. The van der Waals surface area contributed by atoms with Crippen LogP contribution in [0.1, 0.15) is 11.3 Å². The second kappa shape index (κ2) is 5.47. The maximum absolute atomic E-state index is 10.8. The number of nitro groups is 1. The van der Waals surface area contributed by atoms with E-state index < -0.39 is 4.92 Å². The Hall–Kier alpha value is -2.44. The Morgan fingerprint density at radius 1 is 1.53 bits per heavy atom. The van der Waals surface area contributed by atoms with Crippen molar-refractivity contribution in [2.45, 2.75) is 13.3 Å². The Morgan fingerprint density at radius 2 is 2.32 bits per heavy atom. The van der Waals surface area contributed by atoms with Crippen molar-refractivity contribution in [2.75, 3.05) is 11.9 Å². The molecule has 0 amide bonds. The molecule has 2 heterocycles. The Morgan fingerprint density at radius 3 is 2.95 bits per heavy atom. The summed E-state index contributed by atoms with van der Waals surface area (Å²) in [5.41, 5.74) is 1.73. The minimum Gasteiger partial charge on any atom is -0.369 e. The highest BCUT2D eigenvalue weighted by atomic mass is 16.6. The van der Waals surface area contributed by atoms with Crippen molar-refractivity contribution in [3.8, 4) is 0 Å². The molecule has 19 heavy (non-hydrogen) atoms. The van der Waals surface area contributed by atoms with Crippen LogP contribution in [-0.2, 0) is 13.5 Å². The molecule has 2 aromatic rings. The van der Waals surface area contributed by atoms with Gasteiger partial charge in [-0.05, 0) is 13.0 Å². The van der Waals surface area contributed by atoms with Gasteiger partial charge in [0.15, 0.2) is 0 Å². The lowest BCUT2D eigenvalue weighted by atomic mass is 10.2. The molecule has 0 fully saturated rings. The fourth-order valence-electron chi connectivity index (χ4n) is 1.77. The average Bonchev–Trinajstić information content (AvgIpc) is 2.77. The van der Waals surface area contributed by atoms with Gasteiger partial charge < -0.3 is 5.32 Å². The molecule has 0 unspecified atom stereocenters. The molecule has 7 heteroatoms. The molecule has 0 aliphatic carbocycles. The summed E-state index contributed by atoms with van der Waals surface area (Å²) in [4.78, 5) is 14.5. The van der Waals surface area contributed by atoms with Gasteiger partial charge in [-0.3, -0.25) is 14.8 Å². The topological polar surface area (TPSA) is 85.9 Å². The Labute approximate surface area is 110 Å². The van der Waals surface area contributed by atoms with Crippen molar-refractivity contribution in [1.29, 1.82) is 0 Å². The predicted molar refractivity (Wildman–Crippen MR) is 71.0 cm³/mol. The molecule has 100 valence electrons. The highest BCUT2D eigenvalue weighted by Crippen LogP contribution is 2.19. The smallest absolute Gasteiger partial charge is 0.277 e. The van der Waals surface area contributed by atoms with E-state index in [1.165, 1.54) is 12.3 Å². The van der Waals surface area contributed by atoms with Crippen LogP contribution in [0.2, 0.25) is 0 Å². The summed E-state index contributed by atoms with van der Waals surface area (Å²) in [6.07, 6.45) is 4.02.